The van der Waals surface area contributed by atoms with Gasteiger partial charge in [-0.2, -0.15) is 5.26 Å². The molecule has 0 saturated carbocycles. The van der Waals surface area contributed by atoms with Crippen LogP contribution in [0, 0.1) is 24.2 Å². The zero-order valence-corrected chi connectivity index (χ0v) is 11.5. The number of amides is 1. The van der Waals surface area contributed by atoms with Gasteiger partial charge in [-0.3, -0.25) is 4.79 Å². The predicted molar refractivity (Wildman–Crippen MR) is 71.6 cm³/mol. The third-order valence-electron chi connectivity index (χ3n) is 3.73. The third-order valence-corrected chi connectivity index (χ3v) is 4.22. The second-order valence-electron chi connectivity index (χ2n) is 4.87. The van der Waals surface area contributed by atoms with E-state index in [4.69, 9.17) is 16.9 Å². The van der Waals surface area contributed by atoms with Gasteiger partial charge >= 0.3 is 0 Å². The lowest BCUT2D eigenvalue weighted by molar-refractivity contribution is -0.117. The number of benzene rings is 1. The van der Waals surface area contributed by atoms with Crippen molar-refractivity contribution in [2.24, 2.45) is 5.92 Å². The number of rotatable bonds is 1. The predicted octanol–water partition coefficient (Wildman–Crippen LogP) is 3.28. The lowest BCUT2D eigenvalue weighted by Crippen LogP contribution is -2.33. The molecule has 1 aromatic rings. The summed E-state index contributed by atoms with van der Waals surface area (Å²) in [5.74, 6) is 0.463. The molecule has 1 aromatic carbocycles. The molecule has 1 heterocycles. The second kappa shape index (κ2) is 4.62. The fourth-order valence-corrected chi connectivity index (χ4v) is 2.60. The first-order valence-corrected chi connectivity index (χ1v) is 6.36. The molecular formula is C14H15ClN2O. The largest absolute Gasteiger partial charge is 0.309 e. The van der Waals surface area contributed by atoms with E-state index >= 15 is 0 Å². The Bertz CT molecular complexity index is 547. The molecule has 0 unspecified atom stereocenters. The Hall–Kier alpha value is -1.53. The average molecular weight is 263 g/mol. The lowest BCUT2D eigenvalue weighted by atomic mass is 10.0. The maximum absolute atomic E-state index is 12.0. The third kappa shape index (κ3) is 1.87. The zero-order valence-electron chi connectivity index (χ0n) is 10.7. The van der Waals surface area contributed by atoms with Crippen LogP contribution in [0.25, 0.3) is 0 Å². The van der Waals surface area contributed by atoms with Gasteiger partial charge < -0.3 is 4.90 Å². The van der Waals surface area contributed by atoms with Gasteiger partial charge in [0.1, 0.15) is 6.07 Å². The highest BCUT2D eigenvalue weighted by Crippen LogP contribution is 2.36. The summed E-state index contributed by atoms with van der Waals surface area (Å²) in [5.41, 5.74) is 2.07. The normalized spacial score (nSPS) is 23.3. The maximum Gasteiger partial charge on any atom is 0.227 e. The molecule has 0 aromatic heterocycles. The minimum absolute atomic E-state index is 0.124. The van der Waals surface area contributed by atoms with Crippen molar-refractivity contribution in [1.29, 1.82) is 5.26 Å². The fraction of sp³-hybridized carbons (Fsp3) is 0.429. The van der Waals surface area contributed by atoms with Crippen LogP contribution in [0.15, 0.2) is 12.1 Å². The van der Waals surface area contributed by atoms with Gasteiger partial charge in [-0.25, -0.2) is 0 Å². The molecule has 18 heavy (non-hydrogen) atoms. The van der Waals surface area contributed by atoms with Crippen molar-refractivity contribution in [1.82, 2.24) is 0 Å². The number of anilines is 1. The van der Waals surface area contributed by atoms with E-state index in [2.05, 4.69) is 6.92 Å². The molecule has 0 N–H and O–H groups in total. The summed E-state index contributed by atoms with van der Waals surface area (Å²) >= 11 is 6.15. The van der Waals surface area contributed by atoms with Gasteiger partial charge in [0.25, 0.3) is 0 Å². The zero-order chi connectivity index (χ0) is 13.4. The molecule has 0 radical (unpaired) electrons. The van der Waals surface area contributed by atoms with E-state index in [1.54, 1.807) is 11.0 Å². The van der Waals surface area contributed by atoms with Crippen LogP contribution in [-0.2, 0) is 4.79 Å². The first-order chi connectivity index (χ1) is 8.47. The fourth-order valence-electron chi connectivity index (χ4n) is 2.40. The van der Waals surface area contributed by atoms with E-state index in [0.29, 0.717) is 22.9 Å². The Balaban J connectivity index is 2.50. The summed E-state index contributed by atoms with van der Waals surface area (Å²) in [6, 6.07) is 5.70. The first kappa shape index (κ1) is 12.9. The standard InChI is InChI=1S/C14H15ClN2O/c1-8-6-13(18)17(10(8)3)12-5-4-11(7-16)14(15)9(12)2/h4-5,8,10H,6H2,1-3H3/t8-,10+/m1/s1. The smallest absolute Gasteiger partial charge is 0.227 e. The van der Waals surface area contributed by atoms with E-state index in [0.717, 1.165) is 11.3 Å². The van der Waals surface area contributed by atoms with Crippen LogP contribution in [0.5, 0.6) is 0 Å². The van der Waals surface area contributed by atoms with Crippen LogP contribution in [0.1, 0.15) is 31.4 Å². The molecule has 1 saturated heterocycles. The number of hydrogen-bond acceptors (Lipinski definition) is 2. The lowest BCUT2D eigenvalue weighted by Gasteiger charge is -2.25. The molecule has 4 heteroatoms. The average Bonchev–Trinajstić information content (AvgIpc) is 2.58. The molecule has 1 amide bonds. The Kier molecular flexibility index (Phi) is 3.32. The number of carbonyl (C=O) groups is 1. The Morgan fingerprint density at radius 1 is 1.44 bits per heavy atom. The number of carbonyl (C=O) groups excluding carboxylic acids is 1. The number of nitriles is 1. The van der Waals surface area contributed by atoms with Crippen LogP contribution in [0.2, 0.25) is 5.02 Å². The van der Waals surface area contributed by atoms with Gasteiger partial charge in [0.05, 0.1) is 10.6 Å². The minimum atomic E-state index is 0.124. The van der Waals surface area contributed by atoms with Gasteiger partial charge in [-0.1, -0.05) is 18.5 Å². The van der Waals surface area contributed by atoms with Crippen molar-refractivity contribution >= 4 is 23.2 Å². The van der Waals surface area contributed by atoms with Crippen molar-refractivity contribution < 1.29 is 4.79 Å². The Morgan fingerprint density at radius 2 is 2.11 bits per heavy atom. The molecular weight excluding hydrogens is 248 g/mol. The van der Waals surface area contributed by atoms with Gasteiger partial charge in [0, 0.05) is 18.2 Å². The molecule has 2 atom stereocenters. The summed E-state index contributed by atoms with van der Waals surface area (Å²) in [6.45, 7) is 5.96. The van der Waals surface area contributed by atoms with Crippen molar-refractivity contribution in [3.63, 3.8) is 0 Å². The Morgan fingerprint density at radius 3 is 2.61 bits per heavy atom. The van der Waals surface area contributed by atoms with E-state index in [1.165, 1.54) is 0 Å². The topological polar surface area (TPSA) is 44.1 Å². The van der Waals surface area contributed by atoms with Crippen LogP contribution in [0.4, 0.5) is 5.69 Å². The van der Waals surface area contributed by atoms with Gasteiger partial charge in [-0.15, -0.1) is 0 Å². The summed E-state index contributed by atoms with van der Waals surface area (Å²) in [4.78, 5) is 13.8. The number of hydrogen-bond donors (Lipinski definition) is 0. The van der Waals surface area contributed by atoms with E-state index < -0.39 is 0 Å². The van der Waals surface area contributed by atoms with Crippen molar-refractivity contribution in [2.45, 2.75) is 33.2 Å². The SMILES string of the molecule is Cc1c(N2C(=O)C[C@@H](C)[C@@H]2C)ccc(C#N)c1Cl. The summed E-state index contributed by atoms with van der Waals surface area (Å²) in [7, 11) is 0. The van der Waals surface area contributed by atoms with Crippen LogP contribution < -0.4 is 4.90 Å². The second-order valence-corrected chi connectivity index (χ2v) is 5.25. The molecule has 1 fully saturated rings. The first-order valence-electron chi connectivity index (χ1n) is 5.98. The van der Waals surface area contributed by atoms with Gasteiger partial charge in [0.15, 0.2) is 0 Å². The minimum Gasteiger partial charge on any atom is -0.309 e. The van der Waals surface area contributed by atoms with Gasteiger partial charge in [0.2, 0.25) is 5.91 Å². The highest BCUT2D eigenvalue weighted by atomic mass is 35.5. The summed E-state index contributed by atoms with van der Waals surface area (Å²) in [6.07, 6.45) is 0.568. The highest BCUT2D eigenvalue weighted by molar-refractivity contribution is 6.33. The summed E-state index contributed by atoms with van der Waals surface area (Å²) in [5, 5.41) is 9.37. The quantitative estimate of drug-likeness (QED) is 0.780. The number of halogens is 1. The van der Waals surface area contributed by atoms with Crippen LogP contribution in [-0.4, -0.2) is 11.9 Å². The molecule has 1 aliphatic heterocycles. The summed E-state index contributed by atoms with van der Waals surface area (Å²) < 4.78 is 0. The van der Waals surface area contributed by atoms with Crippen molar-refractivity contribution in [3.8, 4) is 6.07 Å². The Labute approximate surface area is 112 Å². The molecule has 3 nitrogen and oxygen atoms in total. The molecule has 0 bridgehead atoms. The molecule has 0 aliphatic carbocycles. The van der Waals surface area contributed by atoms with Gasteiger partial charge in [-0.05, 0) is 37.5 Å². The molecule has 0 spiro atoms. The van der Waals surface area contributed by atoms with Crippen molar-refractivity contribution in [2.75, 3.05) is 4.90 Å². The number of nitrogens with zero attached hydrogens (tertiary/aromatic N) is 2. The van der Waals surface area contributed by atoms with E-state index in [1.807, 2.05) is 26.0 Å². The maximum atomic E-state index is 12.0. The van der Waals surface area contributed by atoms with E-state index in [-0.39, 0.29) is 11.9 Å². The van der Waals surface area contributed by atoms with E-state index in [9.17, 15) is 4.79 Å². The highest BCUT2D eigenvalue weighted by Gasteiger charge is 2.35. The van der Waals surface area contributed by atoms with Crippen LogP contribution in [0.3, 0.4) is 0 Å². The molecule has 94 valence electrons. The molecule has 1 aliphatic rings. The van der Waals surface area contributed by atoms with Crippen molar-refractivity contribution in [3.05, 3.63) is 28.3 Å². The van der Waals surface area contributed by atoms with Crippen LogP contribution >= 0.6 is 11.6 Å². The monoisotopic (exact) mass is 262 g/mol. The molecule has 2 rings (SSSR count).